The van der Waals surface area contributed by atoms with Crippen molar-refractivity contribution >= 4 is 11.7 Å². The molecule has 3 rings (SSSR count). The molecule has 2 N–H and O–H groups in total. The molecule has 0 radical (unpaired) electrons. The van der Waals surface area contributed by atoms with E-state index in [4.69, 9.17) is 15.2 Å². The average Bonchev–Trinajstić information content (AvgIpc) is 2.64. The van der Waals surface area contributed by atoms with Gasteiger partial charge >= 0.3 is 0 Å². The van der Waals surface area contributed by atoms with Gasteiger partial charge in [-0.1, -0.05) is 0 Å². The van der Waals surface area contributed by atoms with Crippen molar-refractivity contribution in [3.05, 3.63) is 51.8 Å². The summed E-state index contributed by atoms with van der Waals surface area (Å²) in [5.74, 6) is -0.390. The fourth-order valence-corrected chi connectivity index (χ4v) is 2.99. The molecule has 0 atom stereocenters. The molecule has 0 saturated carbocycles. The number of benzene rings is 1. The van der Waals surface area contributed by atoms with E-state index in [1.165, 1.54) is 35.9 Å². The number of amides is 1. The second kappa shape index (κ2) is 8.28. The van der Waals surface area contributed by atoms with Crippen LogP contribution in [0.5, 0.6) is 0 Å². The van der Waals surface area contributed by atoms with Gasteiger partial charge < -0.3 is 20.1 Å². The number of hydrogen-bond acceptors (Lipinski definition) is 6. The third-order valence-electron chi connectivity index (χ3n) is 4.23. The Balaban J connectivity index is 2.09. The highest BCUT2D eigenvalue weighted by atomic mass is 19.1. The molecule has 0 bridgehead atoms. The lowest BCUT2D eigenvalue weighted by atomic mass is 10.2. The van der Waals surface area contributed by atoms with Gasteiger partial charge in [0.25, 0.3) is 5.56 Å². The van der Waals surface area contributed by atoms with E-state index in [-0.39, 0.29) is 24.4 Å². The van der Waals surface area contributed by atoms with E-state index in [2.05, 4.69) is 4.98 Å². The normalized spacial score (nSPS) is 14.4. The minimum atomic E-state index is -0.617. The monoisotopic (exact) mass is 376 g/mol. The number of nitrogens with zero attached hydrogens (tertiary/aromatic N) is 3. The van der Waals surface area contributed by atoms with Crippen LogP contribution in [0.2, 0.25) is 0 Å². The Hall–Kier alpha value is -2.78. The molecule has 2 heterocycles. The molecule has 1 saturated heterocycles. The molecule has 9 heteroatoms. The summed E-state index contributed by atoms with van der Waals surface area (Å²) in [5, 5.41) is 0. The van der Waals surface area contributed by atoms with E-state index in [0.29, 0.717) is 43.4 Å². The zero-order valence-electron chi connectivity index (χ0n) is 15.0. The lowest BCUT2D eigenvalue weighted by molar-refractivity contribution is -0.117. The van der Waals surface area contributed by atoms with Crippen molar-refractivity contribution in [3.8, 4) is 5.69 Å². The number of rotatable bonds is 6. The summed E-state index contributed by atoms with van der Waals surface area (Å²) in [6, 6.07) is 5.60. The van der Waals surface area contributed by atoms with Crippen LogP contribution in [-0.2, 0) is 27.3 Å². The maximum Gasteiger partial charge on any atom is 0.260 e. The lowest BCUT2D eigenvalue weighted by Gasteiger charge is -2.28. The molecule has 8 nitrogen and oxygen atoms in total. The number of carbonyl (C=O) groups excluding carboxylic acids is 1. The van der Waals surface area contributed by atoms with E-state index in [9.17, 15) is 14.0 Å². The standard InChI is InChI=1S/C18H21FN4O4/c1-26-11-12-8-13(2-3-14(12)19)23-17(9-15(20)24)21-16(10-18(23)25)22-4-6-27-7-5-22/h2-3,8,10H,4-7,9,11H2,1H3,(H2,20,24). The smallest absolute Gasteiger partial charge is 0.260 e. The Labute approximate surface area is 155 Å². The van der Waals surface area contributed by atoms with Gasteiger partial charge in [-0.2, -0.15) is 0 Å². The molecule has 0 spiro atoms. The molecule has 2 aromatic rings. The Bertz CT molecular complexity index is 893. The van der Waals surface area contributed by atoms with Crippen LogP contribution in [0, 0.1) is 5.82 Å². The van der Waals surface area contributed by atoms with Crippen LogP contribution in [0.15, 0.2) is 29.1 Å². The van der Waals surface area contributed by atoms with Gasteiger partial charge in [0, 0.05) is 31.8 Å². The number of nitrogens with two attached hydrogens (primary N) is 1. The van der Waals surface area contributed by atoms with E-state index in [1.54, 1.807) is 0 Å². The van der Waals surface area contributed by atoms with Crippen molar-refractivity contribution in [1.29, 1.82) is 0 Å². The van der Waals surface area contributed by atoms with E-state index in [0.717, 1.165) is 0 Å². The van der Waals surface area contributed by atoms with Crippen molar-refractivity contribution in [2.75, 3.05) is 38.3 Å². The first-order chi connectivity index (χ1) is 13.0. The van der Waals surface area contributed by atoms with Crippen LogP contribution in [-0.4, -0.2) is 48.9 Å². The summed E-state index contributed by atoms with van der Waals surface area (Å²) < 4.78 is 25.5. The number of aromatic nitrogens is 2. The third kappa shape index (κ3) is 4.32. The quantitative estimate of drug-likeness (QED) is 0.783. The first kappa shape index (κ1) is 19.0. The fraction of sp³-hybridized carbons (Fsp3) is 0.389. The highest BCUT2D eigenvalue weighted by molar-refractivity contribution is 5.76. The molecule has 1 aromatic carbocycles. The number of carbonyl (C=O) groups is 1. The molecule has 144 valence electrons. The SMILES string of the molecule is COCc1cc(-n2c(CC(N)=O)nc(N3CCOCC3)cc2=O)ccc1F. The van der Waals surface area contributed by atoms with Gasteiger partial charge in [0.15, 0.2) is 0 Å². The van der Waals surface area contributed by atoms with Crippen molar-refractivity contribution in [2.45, 2.75) is 13.0 Å². The number of halogens is 1. The van der Waals surface area contributed by atoms with Crippen LogP contribution in [0.4, 0.5) is 10.2 Å². The summed E-state index contributed by atoms with van der Waals surface area (Å²) in [6.07, 6.45) is -0.218. The summed E-state index contributed by atoms with van der Waals surface area (Å²) in [7, 11) is 1.45. The van der Waals surface area contributed by atoms with Crippen LogP contribution >= 0.6 is 0 Å². The van der Waals surface area contributed by atoms with Crippen LogP contribution < -0.4 is 16.2 Å². The van der Waals surface area contributed by atoms with Crippen molar-refractivity contribution < 1.29 is 18.7 Å². The largest absolute Gasteiger partial charge is 0.380 e. The second-order valence-corrected chi connectivity index (χ2v) is 6.16. The average molecular weight is 376 g/mol. The minimum absolute atomic E-state index is 0.0544. The predicted molar refractivity (Wildman–Crippen MR) is 96.4 cm³/mol. The molecule has 0 aliphatic carbocycles. The molecule has 1 aliphatic heterocycles. The first-order valence-corrected chi connectivity index (χ1v) is 8.51. The lowest BCUT2D eigenvalue weighted by Crippen LogP contribution is -2.38. The number of ether oxygens (including phenoxy) is 2. The van der Waals surface area contributed by atoms with Gasteiger partial charge in [0.05, 0.1) is 31.9 Å². The zero-order chi connectivity index (χ0) is 19.4. The first-order valence-electron chi connectivity index (χ1n) is 8.51. The van der Waals surface area contributed by atoms with Gasteiger partial charge in [-0.05, 0) is 18.2 Å². The zero-order valence-corrected chi connectivity index (χ0v) is 15.0. The van der Waals surface area contributed by atoms with E-state index in [1.807, 2.05) is 4.90 Å². The van der Waals surface area contributed by atoms with Crippen LogP contribution in [0.1, 0.15) is 11.4 Å². The third-order valence-corrected chi connectivity index (χ3v) is 4.23. The summed E-state index contributed by atoms with van der Waals surface area (Å²) >= 11 is 0. The Morgan fingerprint density at radius 1 is 1.33 bits per heavy atom. The predicted octanol–water partition coefficient (Wildman–Crippen LogP) is 0.382. The molecule has 0 unspecified atom stereocenters. The fourth-order valence-electron chi connectivity index (χ4n) is 2.99. The number of morpholine rings is 1. The summed E-state index contributed by atoms with van der Waals surface area (Å²) in [5.41, 5.74) is 5.66. The highest BCUT2D eigenvalue weighted by Gasteiger charge is 2.19. The number of hydrogen-bond donors (Lipinski definition) is 1. The second-order valence-electron chi connectivity index (χ2n) is 6.16. The summed E-state index contributed by atoms with van der Waals surface area (Å²) in [6.45, 7) is 2.32. The molecule has 1 aromatic heterocycles. The van der Waals surface area contributed by atoms with Crippen LogP contribution in [0.3, 0.4) is 0 Å². The Morgan fingerprint density at radius 2 is 2.07 bits per heavy atom. The highest BCUT2D eigenvalue weighted by Crippen LogP contribution is 2.18. The van der Waals surface area contributed by atoms with Gasteiger partial charge in [0.1, 0.15) is 17.5 Å². The number of anilines is 1. The summed E-state index contributed by atoms with van der Waals surface area (Å²) in [4.78, 5) is 30.8. The number of methoxy groups -OCH3 is 1. The van der Waals surface area contributed by atoms with Gasteiger partial charge in [-0.25, -0.2) is 9.37 Å². The van der Waals surface area contributed by atoms with Gasteiger partial charge in [0.2, 0.25) is 5.91 Å². The molecule has 1 aliphatic rings. The Morgan fingerprint density at radius 3 is 2.74 bits per heavy atom. The van der Waals surface area contributed by atoms with Crippen molar-refractivity contribution in [2.24, 2.45) is 5.73 Å². The molecule has 1 fully saturated rings. The maximum absolute atomic E-state index is 13.9. The van der Waals surface area contributed by atoms with E-state index < -0.39 is 11.7 Å². The van der Waals surface area contributed by atoms with Crippen molar-refractivity contribution in [1.82, 2.24) is 9.55 Å². The molecular formula is C18H21FN4O4. The molecule has 27 heavy (non-hydrogen) atoms. The minimum Gasteiger partial charge on any atom is -0.380 e. The number of primary amides is 1. The molecule has 1 amide bonds. The Kier molecular flexibility index (Phi) is 5.82. The van der Waals surface area contributed by atoms with Gasteiger partial charge in [-0.3, -0.25) is 14.2 Å². The van der Waals surface area contributed by atoms with Gasteiger partial charge in [-0.15, -0.1) is 0 Å². The maximum atomic E-state index is 13.9. The van der Waals surface area contributed by atoms with E-state index >= 15 is 0 Å². The van der Waals surface area contributed by atoms with Crippen molar-refractivity contribution in [3.63, 3.8) is 0 Å². The molecular weight excluding hydrogens is 355 g/mol. The topological polar surface area (TPSA) is 99.7 Å². The van der Waals surface area contributed by atoms with Crippen LogP contribution in [0.25, 0.3) is 5.69 Å².